The predicted molar refractivity (Wildman–Crippen MR) is 115 cm³/mol. The van der Waals surface area contributed by atoms with Crippen LogP contribution in [0.15, 0.2) is 53.5 Å². The van der Waals surface area contributed by atoms with Crippen molar-refractivity contribution in [3.05, 3.63) is 57.1 Å². The van der Waals surface area contributed by atoms with Crippen LogP contribution in [-0.4, -0.2) is 34.2 Å². The molecule has 1 aliphatic rings. The molecule has 1 heterocycles. The Balaban J connectivity index is 1.77. The normalized spacial score (nSPS) is 18.9. The van der Waals surface area contributed by atoms with Crippen molar-refractivity contribution in [2.24, 2.45) is 4.99 Å². The van der Waals surface area contributed by atoms with E-state index in [4.69, 9.17) is 11.6 Å². The highest BCUT2D eigenvalue weighted by Gasteiger charge is 2.34. The van der Waals surface area contributed by atoms with Crippen molar-refractivity contribution in [1.82, 2.24) is 4.90 Å². The second-order valence-electron chi connectivity index (χ2n) is 5.63. The number of nitrogens with zero attached hydrogens (tertiary/aromatic N) is 2. The fourth-order valence-electron chi connectivity index (χ4n) is 2.31. The Morgan fingerprint density at radius 1 is 1.31 bits per heavy atom. The van der Waals surface area contributed by atoms with Crippen LogP contribution < -0.4 is 5.32 Å². The molecule has 0 bridgehead atoms. The maximum absolute atomic E-state index is 12.6. The van der Waals surface area contributed by atoms with Crippen molar-refractivity contribution >= 4 is 74.3 Å². The molecule has 1 N–H and O–H groups in total. The lowest BCUT2D eigenvalue weighted by Crippen LogP contribution is -2.43. The molecule has 8 heteroatoms. The zero-order chi connectivity index (χ0) is 18.7. The summed E-state index contributed by atoms with van der Waals surface area (Å²) in [5.74, 6) is -0.381. The monoisotopic (exact) mass is 499 g/mol. The molecule has 1 fully saturated rings. The number of rotatable bonds is 3. The van der Waals surface area contributed by atoms with E-state index in [1.54, 1.807) is 31.3 Å². The van der Waals surface area contributed by atoms with Crippen LogP contribution in [0.1, 0.15) is 6.42 Å². The van der Waals surface area contributed by atoms with Crippen LogP contribution in [0.2, 0.25) is 5.02 Å². The standard InChI is InChI=1S/C18H15ClIN3O2S/c1-23-16(24)10-15(17(25)21-14-4-2-3-11(19)9-14)26-18(23)22-13-7-5-12(20)6-8-13/h2-9,15H,10H2,1H3,(H,21,25). The summed E-state index contributed by atoms with van der Waals surface area (Å²) >= 11 is 9.44. The molecule has 1 atom stereocenters. The summed E-state index contributed by atoms with van der Waals surface area (Å²) in [5, 5.41) is 3.31. The second kappa shape index (κ2) is 8.41. The summed E-state index contributed by atoms with van der Waals surface area (Å²) in [6, 6.07) is 14.6. The molecule has 26 heavy (non-hydrogen) atoms. The molecule has 0 radical (unpaired) electrons. The molecule has 1 aliphatic heterocycles. The van der Waals surface area contributed by atoms with Crippen LogP contribution in [0, 0.1) is 3.57 Å². The average Bonchev–Trinajstić information content (AvgIpc) is 2.60. The van der Waals surface area contributed by atoms with Gasteiger partial charge in [0.15, 0.2) is 5.17 Å². The van der Waals surface area contributed by atoms with E-state index in [2.05, 4.69) is 32.9 Å². The van der Waals surface area contributed by atoms with Gasteiger partial charge in [-0.2, -0.15) is 0 Å². The lowest BCUT2D eigenvalue weighted by atomic mass is 10.2. The van der Waals surface area contributed by atoms with Crippen LogP contribution in [0.25, 0.3) is 0 Å². The Bertz CT molecular complexity index is 873. The van der Waals surface area contributed by atoms with Gasteiger partial charge < -0.3 is 5.32 Å². The summed E-state index contributed by atoms with van der Waals surface area (Å²) in [6.07, 6.45) is 0.124. The molecule has 2 aromatic carbocycles. The first-order valence-corrected chi connectivity index (χ1v) is 10.1. The van der Waals surface area contributed by atoms with Gasteiger partial charge in [0.2, 0.25) is 11.8 Å². The minimum atomic E-state index is -0.541. The minimum Gasteiger partial charge on any atom is -0.325 e. The van der Waals surface area contributed by atoms with E-state index in [0.29, 0.717) is 15.9 Å². The number of hydrogen-bond acceptors (Lipinski definition) is 4. The summed E-state index contributed by atoms with van der Waals surface area (Å²) in [7, 11) is 1.67. The quantitative estimate of drug-likeness (QED) is 0.631. The maximum atomic E-state index is 12.6. The molecule has 2 amide bonds. The van der Waals surface area contributed by atoms with Gasteiger partial charge in [-0.1, -0.05) is 29.4 Å². The number of carbonyl (C=O) groups is 2. The van der Waals surface area contributed by atoms with Crippen LogP contribution >= 0.6 is 46.0 Å². The SMILES string of the molecule is CN1C(=O)CC(C(=O)Nc2cccc(Cl)c2)SC1=Nc1ccc(I)cc1. The Hall–Kier alpha value is -1.58. The first kappa shape index (κ1) is 19.2. The molecule has 0 saturated carbocycles. The first-order chi connectivity index (χ1) is 12.4. The third-order valence-corrected chi connectivity index (χ3v) is 5.90. The van der Waals surface area contributed by atoms with E-state index < -0.39 is 5.25 Å². The fraction of sp³-hybridized carbons (Fsp3) is 0.167. The van der Waals surface area contributed by atoms with Gasteiger partial charge in [0, 0.05) is 27.7 Å². The molecule has 1 unspecified atom stereocenters. The Morgan fingerprint density at radius 3 is 2.73 bits per heavy atom. The van der Waals surface area contributed by atoms with E-state index in [1.165, 1.54) is 16.7 Å². The van der Waals surface area contributed by atoms with Crippen molar-refractivity contribution in [3.63, 3.8) is 0 Å². The van der Waals surface area contributed by atoms with Crippen LogP contribution in [0.3, 0.4) is 0 Å². The fourth-order valence-corrected chi connectivity index (χ4v) is 3.93. The first-order valence-electron chi connectivity index (χ1n) is 7.76. The van der Waals surface area contributed by atoms with Gasteiger partial charge in [0.25, 0.3) is 0 Å². The molecule has 3 rings (SSSR count). The van der Waals surface area contributed by atoms with Crippen molar-refractivity contribution in [2.45, 2.75) is 11.7 Å². The smallest absolute Gasteiger partial charge is 0.238 e. The molecular weight excluding hydrogens is 485 g/mol. The number of benzene rings is 2. The van der Waals surface area contributed by atoms with E-state index >= 15 is 0 Å². The summed E-state index contributed by atoms with van der Waals surface area (Å²) < 4.78 is 1.10. The number of hydrogen-bond donors (Lipinski definition) is 1. The number of anilines is 1. The summed E-state index contributed by atoms with van der Waals surface area (Å²) in [4.78, 5) is 30.9. The second-order valence-corrected chi connectivity index (χ2v) is 8.49. The summed E-state index contributed by atoms with van der Waals surface area (Å²) in [6.45, 7) is 0. The van der Waals surface area contributed by atoms with E-state index in [9.17, 15) is 9.59 Å². The van der Waals surface area contributed by atoms with Crippen LogP contribution in [0.5, 0.6) is 0 Å². The largest absolute Gasteiger partial charge is 0.325 e. The van der Waals surface area contributed by atoms with Crippen molar-refractivity contribution in [1.29, 1.82) is 0 Å². The number of amides is 2. The molecular formula is C18H15ClIN3O2S. The highest BCUT2D eigenvalue weighted by atomic mass is 127. The lowest BCUT2D eigenvalue weighted by Gasteiger charge is -2.28. The van der Waals surface area contributed by atoms with Crippen LogP contribution in [0.4, 0.5) is 11.4 Å². The van der Waals surface area contributed by atoms with Gasteiger partial charge in [0.1, 0.15) is 5.25 Å². The zero-order valence-corrected chi connectivity index (χ0v) is 17.5. The number of amidine groups is 1. The van der Waals surface area contributed by atoms with Gasteiger partial charge in [-0.25, -0.2) is 4.99 Å². The molecule has 2 aromatic rings. The molecule has 0 aliphatic carbocycles. The minimum absolute atomic E-state index is 0.124. The van der Waals surface area contributed by atoms with Gasteiger partial charge in [0.05, 0.1) is 5.69 Å². The number of halogens is 2. The van der Waals surface area contributed by atoms with Gasteiger partial charge in [-0.05, 0) is 65.1 Å². The zero-order valence-electron chi connectivity index (χ0n) is 13.8. The third-order valence-electron chi connectivity index (χ3n) is 3.70. The Kier molecular flexibility index (Phi) is 6.20. The molecule has 0 spiro atoms. The Labute approximate surface area is 174 Å². The van der Waals surface area contributed by atoms with E-state index in [0.717, 1.165) is 9.26 Å². The molecule has 0 aromatic heterocycles. The van der Waals surface area contributed by atoms with Gasteiger partial charge in [-0.3, -0.25) is 14.5 Å². The van der Waals surface area contributed by atoms with Crippen molar-refractivity contribution in [2.75, 3.05) is 12.4 Å². The van der Waals surface area contributed by atoms with E-state index in [-0.39, 0.29) is 18.2 Å². The maximum Gasteiger partial charge on any atom is 0.238 e. The number of carbonyl (C=O) groups excluding carboxylic acids is 2. The highest BCUT2D eigenvalue weighted by Crippen LogP contribution is 2.29. The molecule has 1 saturated heterocycles. The van der Waals surface area contributed by atoms with Gasteiger partial charge >= 0.3 is 0 Å². The predicted octanol–water partition coefficient (Wildman–Crippen LogP) is 4.53. The Morgan fingerprint density at radius 2 is 2.04 bits per heavy atom. The molecule has 5 nitrogen and oxygen atoms in total. The van der Waals surface area contributed by atoms with Crippen molar-refractivity contribution < 1.29 is 9.59 Å². The van der Waals surface area contributed by atoms with E-state index in [1.807, 2.05) is 24.3 Å². The topological polar surface area (TPSA) is 61.8 Å². The van der Waals surface area contributed by atoms with Gasteiger partial charge in [-0.15, -0.1) is 0 Å². The lowest BCUT2D eigenvalue weighted by molar-refractivity contribution is -0.128. The van der Waals surface area contributed by atoms with Crippen LogP contribution in [-0.2, 0) is 9.59 Å². The highest BCUT2D eigenvalue weighted by molar-refractivity contribution is 14.1. The number of aliphatic imine (C=N–C) groups is 1. The summed E-state index contributed by atoms with van der Waals surface area (Å²) in [5.41, 5.74) is 1.34. The molecule has 134 valence electrons. The third kappa shape index (κ3) is 4.77. The van der Waals surface area contributed by atoms with Crippen molar-refractivity contribution in [3.8, 4) is 0 Å². The average molecular weight is 500 g/mol. The number of thioether (sulfide) groups is 1. The number of nitrogens with one attached hydrogen (secondary N) is 1.